The minimum atomic E-state index is -3.96. The van der Waals surface area contributed by atoms with E-state index in [1.165, 1.54) is 42.1 Å². The number of benzene rings is 2. The lowest BCUT2D eigenvalue weighted by Gasteiger charge is -2.21. The molecule has 0 aromatic heterocycles. The highest BCUT2D eigenvalue weighted by molar-refractivity contribution is 7.98. The Morgan fingerprint density at radius 2 is 1.83 bits per heavy atom. The third-order valence-electron chi connectivity index (χ3n) is 4.43. The van der Waals surface area contributed by atoms with Crippen LogP contribution in [-0.2, 0) is 21.4 Å². The van der Waals surface area contributed by atoms with E-state index in [4.69, 9.17) is 9.47 Å². The molecule has 1 atom stereocenters. The van der Waals surface area contributed by atoms with Crippen LogP contribution in [0.4, 0.5) is 4.39 Å². The molecule has 1 aliphatic heterocycles. The normalized spacial score (nSPS) is 14.2. The van der Waals surface area contributed by atoms with Gasteiger partial charge in [0.15, 0.2) is 11.5 Å². The zero-order chi connectivity index (χ0) is 21.6. The standard InChI is InChI=1S/C20H23FN2O5S2/c1-29-11-8-17(20(24)22-13-14-2-4-15(21)5-3-14)23-30(25,26)16-6-7-18-19(12-16)28-10-9-27-18/h2-7,12,17,23H,8-11,13H2,1H3,(H,22,24). The van der Waals surface area contributed by atoms with E-state index in [0.717, 1.165) is 0 Å². The van der Waals surface area contributed by atoms with E-state index < -0.39 is 22.0 Å². The Morgan fingerprint density at radius 3 is 2.53 bits per heavy atom. The molecule has 10 heteroatoms. The minimum Gasteiger partial charge on any atom is -0.486 e. The number of nitrogens with one attached hydrogen (secondary N) is 2. The van der Waals surface area contributed by atoms with Crippen molar-refractivity contribution >= 4 is 27.7 Å². The van der Waals surface area contributed by atoms with Crippen LogP contribution in [-0.4, -0.2) is 45.6 Å². The Hall–Kier alpha value is -2.30. The lowest BCUT2D eigenvalue weighted by molar-refractivity contribution is -0.122. The van der Waals surface area contributed by atoms with Crippen molar-refractivity contribution in [3.05, 3.63) is 53.8 Å². The molecule has 7 nitrogen and oxygen atoms in total. The van der Waals surface area contributed by atoms with Crippen molar-refractivity contribution in [1.29, 1.82) is 0 Å². The number of fused-ring (bicyclic) bond motifs is 1. The first kappa shape index (κ1) is 22.4. The van der Waals surface area contributed by atoms with Crippen molar-refractivity contribution in [2.45, 2.75) is 23.9 Å². The van der Waals surface area contributed by atoms with Gasteiger partial charge >= 0.3 is 0 Å². The van der Waals surface area contributed by atoms with Crippen molar-refractivity contribution in [1.82, 2.24) is 10.0 Å². The maximum atomic E-state index is 13.0. The Labute approximate surface area is 179 Å². The third-order valence-corrected chi connectivity index (χ3v) is 6.54. The summed E-state index contributed by atoms with van der Waals surface area (Å²) in [5.41, 5.74) is 0.711. The molecule has 0 bridgehead atoms. The van der Waals surface area contributed by atoms with E-state index >= 15 is 0 Å². The van der Waals surface area contributed by atoms with Crippen molar-refractivity contribution in [2.75, 3.05) is 25.2 Å². The molecule has 0 radical (unpaired) electrons. The quantitative estimate of drug-likeness (QED) is 0.604. The number of thioether (sulfide) groups is 1. The zero-order valence-corrected chi connectivity index (χ0v) is 18.0. The first-order valence-corrected chi connectivity index (χ1v) is 12.2. The van der Waals surface area contributed by atoms with Crippen LogP contribution >= 0.6 is 11.8 Å². The number of hydrogen-bond acceptors (Lipinski definition) is 6. The van der Waals surface area contributed by atoms with Gasteiger partial charge in [0.2, 0.25) is 15.9 Å². The van der Waals surface area contributed by atoms with Crippen molar-refractivity contribution < 1.29 is 27.1 Å². The lowest BCUT2D eigenvalue weighted by atomic mass is 10.2. The van der Waals surface area contributed by atoms with E-state index in [1.54, 1.807) is 12.1 Å². The third kappa shape index (κ3) is 5.87. The topological polar surface area (TPSA) is 93.7 Å². The number of sulfonamides is 1. The molecular weight excluding hydrogens is 431 g/mol. The van der Waals surface area contributed by atoms with Crippen molar-refractivity contribution in [2.24, 2.45) is 0 Å². The molecule has 30 heavy (non-hydrogen) atoms. The maximum absolute atomic E-state index is 13.0. The highest BCUT2D eigenvalue weighted by Crippen LogP contribution is 2.32. The molecule has 2 aromatic carbocycles. The predicted molar refractivity (Wildman–Crippen MR) is 113 cm³/mol. The molecule has 1 heterocycles. The van der Waals surface area contributed by atoms with Gasteiger partial charge in [-0.2, -0.15) is 16.5 Å². The van der Waals surface area contributed by atoms with Gasteiger partial charge in [-0.15, -0.1) is 0 Å². The smallest absolute Gasteiger partial charge is 0.241 e. The van der Waals surface area contributed by atoms with Gasteiger partial charge in [-0.05, 0) is 48.3 Å². The van der Waals surface area contributed by atoms with Crippen LogP contribution in [0.25, 0.3) is 0 Å². The lowest BCUT2D eigenvalue weighted by Crippen LogP contribution is -2.46. The molecule has 0 spiro atoms. The van der Waals surface area contributed by atoms with Gasteiger partial charge in [-0.3, -0.25) is 4.79 Å². The molecule has 1 aliphatic rings. The van der Waals surface area contributed by atoms with Crippen LogP contribution in [0, 0.1) is 5.82 Å². The fourth-order valence-corrected chi connectivity index (χ4v) is 4.56. The number of carbonyl (C=O) groups excluding carboxylic acids is 1. The highest BCUT2D eigenvalue weighted by atomic mass is 32.2. The molecule has 3 rings (SSSR count). The van der Waals surface area contributed by atoms with E-state index in [0.29, 0.717) is 42.4 Å². The van der Waals surface area contributed by atoms with Crippen LogP contribution < -0.4 is 19.5 Å². The van der Waals surface area contributed by atoms with Crippen LogP contribution in [0.5, 0.6) is 11.5 Å². The van der Waals surface area contributed by atoms with Crippen LogP contribution in [0.1, 0.15) is 12.0 Å². The van der Waals surface area contributed by atoms with E-state index in [1.807, 2.05) is 6.26 Å². The Kier molecular flexibility index (Phi) is 7.57. The summed E-state index contributed by atoms with van der Waals surface area (Å²) in [6, 6.07) is 9.12. The average Bonchev–Trinajstić information content (AvgIpc) is 2.75. The largest absolute Gasteiger partial charge is 0.486 e. The van der Waals surface area contributed by atoms with Gasteiger partial charge in [0, 0.05) is 12.6 Å². The molecule has 0 saturated heterocycles. The van der Waals surface area contributed by atoms with Crippen LogP contribution in [0.3, 0.4) is 0 Å². The monoisotopic (exact) mass is 454 g/mol. The van der Waals surface area contributed by atoms with Gasteiger partial charge in [0.25, 0.3) is 0 Å². The zero-order valence-electron chi connectivity index (χ0n) is 16.4. The van der Waals surface area contributed by atoms with Gasteiger partial charge in [-0.1, -0.05) is 12.1 Å². The molecule has 0 aliphatic carbocycles. The molecule has 2 N–H and O–H groups in total. The van der Waals surface area contributed by atoms with E-state index in [-0.39, 0.29) is 17.3 Å². The fraction of sp³-hybridized carbons (Fsp3) is 0.350. The summed E-state index contributed by atoms with van der Waals surface area (Å²) in [5, 5.41) is 2.71. The molecular formula is C20H23FN2O5S2. The molecule has 0 saturated carbocycles. The second-order valence-electron chi connectivity index (χ2n) is 6.61. The first-order valence-electron chi connectivity index (χ1n) is 9.32. The summed E-state index contributed by atoms with van der Waals surface area (Å²) in [4.78, 5) is 12.7. The number of carbonyl (C=O) groups is 1. The maximum Gasteiger partial charge on any atom is 0.241 e. The number of rotatable bonds is 9. The summed E-state index contributed by atoms with van der Waals surface area (Å²) in [5.74, 6) is 0.615. The summed E-state index contributed by atoms with van der Waals surface area (Å²) < 4.78 is 52.1. The SMILES string of the molecule is CSCCC(NS(=O)(=O)c1ccc2c(c1)OCCO2)C(=O)NCc1ccc(F)cc1. The summed E-state index contributed by atoms with van der Waals surface area (Å²) in [7, 11) is -3.96. The van der Waals surface area contributed by atoms with Crippen molar-refractivity contribution in [3.63, 3.8) is 0 Å². The van der Waals surface area contributed by atoms with Gasteiger partial charge in [0.05, 0.1) is 4.90 Å². The summed E-state index contributed by atoms with van der Waals surface area (Å²) in [6.45, 7) is 0.912. The van der Waals surface area contributed by atoms with E-state index in [2.05, 4.69) is 10.0 Å². The van der Waals surface area contributed by atoms with E-state index in [9.17, 15) is 17.6 Å². The molecule has 0 fully saturated rings. The molecule has 1 amide bonds. The molecule has 2 aromatic rings. The van der Waals surface area contributed by atoms with Gasteiger partial charge in [0.1, 0.15) is 25.1 Å². The first-order chi connectivity index (χ1) is 14.4. The molecule has 162 valence electrons. The fourth-order valence-electron chi connectivity index (χ4n) is 2.84. The highest BCUT2D eigenvalue weighted by Gasteiger charge is 2.26. The average molecular weight is 455 g/mol. The Balaban J connectivity index is 1.70. The second-order valence-corrected chi connectivity index (χ2v) is 9.30. The van der Waals surface area contributed by atoms with Crippen LogP contribution in [0.15, 0.2) is 47.4 Å². The van der Waals surface area contributed by atoms with Gasteiger partial charge in [-0.25, -0.2) is 12.8 Å². The number of amides is 1. The Morgan fingerprint density at radius 1 is 1.13 bits per heavy atom. The molecule has 1 unspecified atom stereocenters. The van der Waals surface area contributed by atoms with Gasteiger partial charge < -0.3 is 14.8 Å². The second kappa shape index (κ2) is 10.1. The Bertz CT molecular complexity index is 983. The number of halogens is 1. The van der Waals surface area contributed by atoms with Crippen molar-refractivity contribution in [3.8, 4) is 11.5 Å². The van der Waals surface area contributed by atoms with Crippen LogP contribution in [0.2, 0.25) is 0 Å². The minimum absolute atomic E-state index is 0.00719. The predicted octanol–water partition coefficient (Wildman–Crippen LogP) is 2.31. The summed E-state index contributed by atoms with van der Waals surface area (Å²) in [6.07, 6.45) is 2.20. The number of ether oxygens (including phenoxy) is 2. The number of hydrogen-bond donors (Lipinski definition) is 2. The summed E-state index contributed by atoms with van der Waals surface area (Å²) >= 11 is 1.51.